The maximum absolute atomic E-state index is 12.5. The molecule has 0 amide bonds. The number of hydrogen-bond donors (Lipinski definition) is 2. The molecular weight excluding hydrogens is 425 g/mol. The van der Waals surface area contributed by atoms with Crippen molar-refractivity contribution in [2.24, 2.45) is 5.73 Å². The summed E-state index contributed by atoms with van der Waals surface area (Å²) in [6, 6.07) is 14.6. The average Bonchev–Trinajstić information content (AvgIpc) is 3.04. The molecule has 0 radical (unpaired) electrons. The fraction of sp³-hybridized carbons (Fsp3) is 0.182. The fourth-order valence-corrected chi connectivity index (χ4v) is 3.96. The number of halogens is 2. The number of hydrogen-bond acceptors (Lipinski definition) is 5. The molecule has 2 aromatic carbocycles. The van der Waals surface area contributed by atoms with Crippen molar-refractivity contribution in [1.82, 2.24) is 4.57 Å². The van der Waals surface area contributed by atoms with Gasteiger partial charge in [-0.25, -0.2) is 0 Å². The number of aliphatic hydroxyl groups is 1. The number of carbonyl (C=O) groups is 1. The summed E-state index contributed by atoms with van der Waals surface area (Å²) in [4.78, 5) is 12.5. The van der Waals surface area contributed by atoms with Crippen LogP contribution in [0.25, 0.3) is 10.9 Å². The van der Waals surface area contributed by atoms with E-state index in [1.165, 1.54) is 11.5 Å². The number of benzene rings is 2. The molecule has 0 spiro atoms. The summed E-state index contributed by atoms with van der Waals surface area (Å²) in [7, 11) is 0. The summed E-state index contributed by atoms with van der Waals surface area (Å²) in [6.45, 7) is 3.39. The molecule has 1 aliphatic heterocycles. The third-order valence-electron chi connectivity index (χ3n) is 4.63. The number of para-hydroxylation sites is 1. The number of allylic oxidation sites excluding steroid dienone is 1. The summed E-state index contributed by atoms with van der Waals surface area (Å²) < 4.78 is 7.33. The SMILES string of the molecule is CC(=O)n1c2c(c3ccccc31)OC(N)=C(C#N)C2c1cccc(Cl)c1Cl.CCO. The van der Waals surface area contributed by atoms with Crippen LogP contribution in [0.4, 0.5) is 0 Å². The summed E-state index contributed by atoms with van der Waals surface area (Å²) >= 11 is 12.7. The average molecular weight is 444 g/mol. The number of nitriles is 1. The van der Waals surface area contributed by atoms with Gasteiger partial charge in [-0.15, -0.1) is 0 Å². The zero-order valence-corrected chi connectivity index (χ0v) is 17.8. The molecule has 8 heteroatoms. The summed E-state index contributed by atoms with van der Waals surface area (Å²) in [5.74, 6) is -0.464. The number of aliphatic hydroxyl groups excluding tert-OH is 1. The van der Waals surface area contributed by atoms with E-state index in [1.54, 1.807) is 25.1 Å². The molecule has 1 unspecified atom stereocenters. The first-order chi connectivity index (χ1) is 14.4. The van der Waals surface area contributed by atoms with Crippen molar-refractivity contribution in [2.45, 2.75) is 19.8 Å². The van der Waals surface area contributed by atoms with Gasteiger partial charge in [0, 0.05) is 18.9 Å². The topological polar surface area (TPSA) is 101 Å². The highest BCUT2D eigenvalue weighted by Crippen LogP contribution is 2.49. The number of ether oxygens (including phenoxy) is 1. The Morgan fingerprint density at radius 3 is 2.57 bits per heavy atom. The largest absolute Gasteiger partial charge is 0.438 e. The highest BCUT2D eigenvalue weighted by Gasteiger charge is 2.38. The minimum absolute atomic E-state index is 0.0162. The highest BCUT2D eigenvalue weighted by atomic mass is 35.5. The normalized spacial score (nSPS) is 15.0. The van der Waals surface area contributed by atoms with Crippen molar-refractivity contribution in [3.05, 3.63) is 75.2 Å². The molecule has 0 fully saturated rings. The van der Waals surface area contributed by atoms with Crippen LogP contribution in [0.15, 0.2) is 53.9 Å². The molecule has 0 saturated carbocycles. The number of nitrogens with zero attached hydrogens (tertiary/aromatic N) is 2. The highest BCUT2D eigenvalue weighted by molar-refractivity contribution is 6.42. The Labute approximate surface area is 183 Å². The Hall–Kier alpha value is -2.98. The third-order valence-corrected chi connectivity index (χ3v) is 5.46. The van der Waals surface area contributed by atoms with Crippen molar-refractivity contribution in [2.75, 3.05) is 6.61 Å². The van der Waals surface area contributed by atoms with Crippen LogP contribution in [0.5, 0.6) is 5.75 Å². The molecule has 154 valence electrons. The minimum Gasteiger partial charge on any atom is -0.438 e. The van der Waals surface area contributed by atoms with Gasteiger partial charge < -0.3 is 15.6 Å². The van der Waals surface area contributed by atoms with Gasteiger partial charge in [-0.1, -0.05) is 47.5 Å². The zero-order valence-electron chi connectivity index (χ0n) is 16.3. The van der Waals surface area contributed by atoms with Gasteiger partial charge in [0.15, 0.2) is 5.75 Å². The molecule has 3 N–H and O–H groups in total. The predicted molar refractivity (Wildman–Crippen MR) is 117 cm³/mol. The van der Waals surface area contributed by atoms with Gasteiger partial charge in [0.05, 0.1) is 27.2 Å². The summed E-state index contributed by atoms with van der Waals surface area (Å²) in [5, 5.41) is 18.7. The minimum atomic E-state index is -0.679. The Kier molecular flexibility index (Phi) is 6.37. The number of rotatable bonds is 1. The first-order valence-corrected chi connectivity index (χ1v) is 9.89. The third kappa shape index (κ3) is 3.52. The van der Waals surface area contributed by atoms with E-state index in [2.05, 4.69) is 6.07 Å². The van der Waals surface area contributed by atoms with Gasteiger partial charge in [-0.2, -0.15) is 5.26 Å². The lowest BCUT2D eigenvalue weighted by Gasteiger charge is -2.26. The summed E-state index contributed by atoms with van der Waals surface area (Å²) in [6.07, 6.45) is 0. The molecule has 2 heterocycles. The van der Waals surface area contributed by atoms with Crippen molar-refractivity contribution in [3.8, 4) is 11.8 Å². The molecule has 6 nitrogen and oxygen atoms in total. The molecule has 0 saturated heterocycles. The number of aromatic nitrogens is 1. The van der Waals surface area contributed by atoms with Crippen molar-refractivity contribution in [3.63, 3.8) is 0 Å². The van der Waals surface area contributed by atoms with Crippen LogP contribution in [0.3, 0.4) is 0 Å². The number of fused-ring (bicyclic) bond motifs is 3. The van der Waals surface area contributed by atoms with Crippen LogP contribution in [-0.2, 0) is 0 Å². The first kappa shape index (κ1) is 21.7. The van der Waals surface area contributed by atoms with Crippen LogP contribution in [0, 0.1) is 11.3 Å². The van der Waals surface area contributed by atoms with E-state index < -0.39 is 5.92 Å². The molecule has 3 aromatic rings. The first-order valence-electron chi connectivity index (χ1n) is 9.13. The number of nitrogens with two attached hydrogens (primary N) is 1. The monoisotopic (exact) mass is 443 g/mol. The molecule has 0 aliphatic carbocycles. The zero-order chi connectivity index (χ0) is 22.0. The number of carbonyl (C=O) groups excluding carboxylic acids is 1. The predicted octanol–water partition coefficient (Wildman–Crippen LogP) is 4.82. The van der Waals surface area contributed by atoms with Gasteiger partial charge in [0.1, 0.15) is 11.6 Å². The van der Waals surface area contributed by atoms with E-state index in [0.717, 1.165) is 5.39 Å². The Balaban J connectivity index is 0.000000806. The quantitative estimate of drug-likeness (QED) is 0.560. The molecule has 30 heavy (non-hydrogen) atoms. The van der Waals surface area contributed by atoms with E-state index in [-0.39, 0.29) is 24.0 Å². The summed E-state index contributed by atoms with van der Waals surface area (Å²) in [5.41, 5.74) is 8.01. The van der Waals surface area contributed by atoms with E-state index >= 15 is 0 Å². The molecule has 0 bridgehead atoms. The maximum Gasteiger partial charge on any atom is 0.228 e. The lowest BCUT2D eigenvalue weighted by atomic mass is 9.86. The van der Waals surface area contributed by atoms with Gasteiger partial charge in [0.25, 0.3) is 0 Å². The molecule has 1 aliphatic rings. The Morgan fingerprint density at radius 2 is 1.93 bits per heavy atom. The second-order valence-electron chi connectivity index (χ2n) is 6.47. The van der Waals surface area contributed by atoms with Gasteiger partial charge >= 0.3 is 0 Å². The van der Waals surface area contributed by atoms with Crippen LogP contribution in [0.2, 0.25) is 10.0 Å². The van der Waals surface area contributed by atoms with Crippen LogP contribution in [0.1, 0.15) is 35.8 Å². The van der Waals surface area contributed by atoms with Crippen LogP contribution >= 0.6 is 23.2 Å². The van der Waals surface area contributed by atoms with E-state index in [0.29, 0.717) is 32.6 Å². The van der Waals surface area contributed by atoms with Crippen molar-refractivity contribution < 1.29 is 14.6 Å². The molecule has 1 aromatic heterocycles. The standard InChI is InChI=1S/C20H13Cl2N3O2.C2H6O/c1-10(26)25-15-8-3-2-5-11(15)19-18(25)16(13(9-23)20(24)27-19)12-6-4-7-14(21)17(12)22;1-2-3/h2-8,16H,24H2,1H3;3H,2H2,1H3. The van der Waals surface area contributed by atoms with Gasteiger partial charge in [-0.3, -0.25) is 9.36 Å². The lowest BCUT2D eigenvalue weighted by Crippen LogP contribution is -2.24. The molecule has 1 atom stereocenters. The van der Waals surface area contributed by atoms with Crippen LogP contribution in [-0.4, -0.2) is 22.2 Å². The van der Waals surface area contributed by atoms with Gasteiger partial charge in [0.2, 0.25) is 11.8 Å². The maximum atomic E-state index is 12.5. The van der Waals surface area contributed by atoms with Gasteiger partial charge in [-0.05, 0) is 30.7 Å². The van der Waals surface area contributed by atoms with Crippen molar-refractivity contribution >= 4 is 40.0 Å². The second-order valence-corrected chi connectivity index (χ2v) is 7.26. The fourth-order valence-electron chi connectivity index (χ4n) is 3.55. The van der Waals surface area contributed by atoms with E-state index in [9.17, 15) is 10.1 Å². The van der Waals surface area contributed by atoms with Crippen molar-refractivity contribution in [1.29, 1.82) is 5.26 Å². The second kappa shape index (κ2) is 8.80. The Bertz CT molecular complexity index is 1210. The Morgan fingerprint density at radius 1 is 1.27 bits per heavy atom. The van der Waals surface area contributed by atoms with E-state index in [1.807, 2.05) is 24.3 Å². The van der Waals surface area contributed by atoms with E-state index in [4.69, 9.17) is 38.8 Å². The lowest BCUT2D eigenvalue weighted by molar-refractivity contribution is 0.0937. The van der Waals surface area contributed by atoms with Crippen LogP contribution < -0.4 is 10.5 Å². The molecule has 4 rings (SSSR count). The molecular formula is C22H19Cl2N3O3. The smallest absolute Gasteiger partial charge is 0.228 e.